The van der Waals surface area contributed by atoms with Gasteiger partial charge in [-0.1, -0.05) is 0 Å². The standard InChI is InChI=1S/C15H15N5O2S2/c1-8-7-23-14(17-8)12-18-11(16)9-6-10(24-13(9)19-12)15(21)20-2-4-22-5-3-20/h6-7H,2-5H2,1H3,(H2,16,18,19). The predicted octanol–water partition coefficient (Wildman–Crippen LogP) is 2.18. The lowest BCUT2D eigenvalue weighted by molar-refractivity contribution is 0.0306. The summed E-state index contributed by atoms with van der Waals surface area (Å²) in [6.45, 7) is 4.29. The Morgan fingerprint density at radius 2 is 2.08 bits per heavy atom. The van der Waals surface area contributed by atoms with Crippen LogP contribution >= 0.6 is 22.7 Å². The third-order valence-electron chi connectivity index (χ3n) is 3.74. The molecule has 0 aromatic carbocycles. The number of aryl methyl sites for hydroxylation is 1. The van der Waals surface area contributed by atoms with Crippen molar-refractivity contribution in [3.8, 4) is 10.8 Å². The van der Waals surface area contributed by atoms with Gasteiger partial charge in [-0.2, -0.15) is 0 Å². The number of thiophene rings is 1. The van der Waals surface area contributed by atoms with Gasteiger partial charge in [0.1, 0.15) is 10.6 Å². The molecule has 4 rings (SSSR count). The SMILES string of the molecule is Cc1csc(-c2nc(N)c3cc(C(=O)N4CCOCC4)sc3n2)n1. The summed E-state index contributed by atoms with van der Waals surface area (Å²) in [7, 11) is 0. The van der Waals surface area contributed by atoms with Gasteiger partial charge in [-0.25, -0.2) is 15.0 Å². The second kappa shape index (κ2) is 6.08. The van der Waals surface area contributed by atoms with Crippen molar-refractivity contribution in [2.75, 3.05) is 32.0 Å². The lowest BCUT2D eigenvalue weighted by atomic mass is 10.3. The van der Waals surface area contributed by atoms with Gasteiger partial charge in [-0.15, -0.1) is 22.7 Å². The minimum Gasteiger partial charge on any atom is -0.383 e. The van der Waals surface area contributed by atoms with Crippen LogP contribution in [0.5, 0.6) is 0 Å². The zero-order valence-corrected chi connectivity index (χ0v) is 14.6. The van der Waals surface area contributed by atoms with E-state index in [1.54, 1.807) is 11.0 Å². The highest BCUT2D eigenvalue weighted by Gasteiger charge is 2.22. The van der Waals surface area contributed by atoms with Crippen molar-refractivity contribution in [3.05, 3.63) is 22.0 Å². The molecule has 24 heavy (non-hydrogen) atoms. The number of nitrogen functional groups attached to an aromatic ring is 1. The molecule has 0 aliphatic carbocycles. The highest BCUT2D eigenvalue weighted by atomic mass is 32.1. The molecule has 3 aromatic rings. The van der Waals surface area contributed by atoms with E-state index in [1.807, 2.05) is 12.3 Å². The summed E-state index contributed by atoms with van der Waals surface area (Å²) in [5, 5.41) is 3.39. The summed E-state index contributed by atoms with van der Waals surface area (Å²) >= 11 is 2.82. The summed E-state index contributed by atoms with van der Waals surface area (Å²) in [4.78, 5) is 29.0. The number of nitrogens with two attached hydrogens (primary N) is 1. The van der Waals surface area contributed by atoms with Crippen molar-refractivity contribution in [1.82, 2.24) is 19.9 Å². The highest BCUT2D eigenvalue weighted by Crippen LogP contribution is 2.31. The number of ether oxygens (including phenoxy) is 1. The van der Waals surface area contributed by atoms with Gasteiger partial charge in [0.2, 0.25) is 0 Å². The first-order valence-corrected chi connectivity index (χ1v) is 9.18. The molecular weight excluding hydrogens is 346 g/mol. The molecular formula is C15H15N5O2S2. The van der Waals surface area contributed by atoms with Crippen molar-refractivity contribution >= 4 is 44.6 Å². The Kier molecular flexibility index (Phi) is 3.91. The summed E-state index contributed by atoms with van der Waals surface area (Å²) in [6.07, 6.45) is 0. The van der Waals surface area contributed by atoms with Gasteiger partial charge in [0.25, 0.3) is 5.91 Å². The van der Waals surface area contributed by atoms with E-state index in [1.165, 1.54) is 22.7 Å². The molecule has 1 aliphatic heterocycles. The lowest BCUT2D eigenvalue weighted by Gasteiger charge is -2.26. The maximum atomic E-state index is 12.6. The number of carbonyl (C=O) groups excluding carboxylic acids is 1. The molecule has 0 bridgehead atoms. The average Bonchev–Trinajstić information content (AvgIpc) is 3.21. The summed E-state index contributed by atoms with van der Waals surface area (Å²) in [5.74, 6) is 0.873. The van der Waals surface area contributed by atoms with Crippen LogP contribution in [0.25, 0.3) is 21.0 Å². The van der Waals surface area contributed by atoms with E-state index in [2.05, 4.69) is 15.0 Å². The highest BCUT2D eigenvalue weighted by molar-refractivity contribution is 7.20. The molecule has 0 unspecified atom stereocenters. The summed E-state index contributed by atoms with van der Waals surface area (Å²) in [5.41, 5.74) is 7.00. The van der Waals surface area contributed by atoms with Crippen molar-refractivity contribution in [1.29, 1.82) is 0 Å². The van der Waals surface area contributed by atoms with E-state index < -0.39 is 0 Å². The third-order valence-corrected chi connectivity index (χ3v) is 5.71. The predicted molar refractivity (Wildman–Crippen MR) is 94.4 cm³/mol. The second-order valence-corrected chi connectivity index (χ2v) is 7.35. The molecule has 3 aromatic heterocycles. The topological polar surface area (TPSA) is 94.2 Å². The first kappa shape index (κ1) is 15.4. The number of hydrogen-bond donors (Lipinski definition) is 1. The monoisotopic (exact) mass is 361 g/mol. The third kappa shape index (κ3) is 2.74. The quantitative estimate of drug-likeness (QED) is 0.752. The first-order chi connectivity index (χ1) is 11.6. The number of thiazole rings is 1. The number of carbonyl (C=O) groups is 1. The number of aromatic nitrogens is 3. The fourth-order valence-electron chi connectivity index (χ4n) is 2.52. The van der Waals surface area contributed by atoms with E-state index >= 15 is 0 Å². The molecule has 2 N–H and O–H groups in total. The maximum Gasteiger partial charge on any atom is 0.264 e. The maximum absolute atomic E-state index is 12.6. The number of nitrogens with zero attached hydrogens (tertiary/aromatic N) is 4. The number of fused-ring (bicyclic) bond motifs is 1. The van der Waals surface area contributed by atoms with Crippen molar-refractivity contribution in [3.63, 3.8) is 0 Å². The second-order valence-electron chi connectivity index (χ2n) is 5.46. The van der Waals surface area contributed by atoms with Crippen LogP contribution < -0.4 is 5.73 Å². The van der Waals surface area contributed by atoms with Crippen LogP contribution in [0.4, 0.5) is 5.82 Å². The molecule has 0 radical (unpaired) electrons. The smallest absolute Gasteiger partial charge is 0.264 e. The number of rotatable bonds is 2. The van der Waals surface area contributed by atoms with Gasteiger partial charge < -0.3 is 15.4 Å². The minimum atomic E-state index is -0.00709. The molecule has 1 fully saturated rings. The Morgan fingerprint density at radius 3 is 2.79 bits per heavy atom. The molecule has 0 saturated carbocycles. The number of anilines is 1. The van der Waals surface area contributed by atoms with E-state index in [0.717, 1.165) is 10.7 Å². The molecule has 0 spiro atoms. The van der Waals surface area contributed by atoms with Crippen molar-refractivity contribution in [2.45, 2.75) is 6.92 Å². The number of morpholine rings is 1. The molecule has 1 aliphatic rings. The van der Waals surface area contributed by atoms with Crippen LogP contribution in [0.15, 0.2) is 11.4 Å². The van der Waals surface area contributed by atoms with Gasteiger partial charge in [0.05, 0.1) is 23.5 Å². The van der Waals surface area contributed by atoms with Crippen molar-refractivity contribution < 1.29 is 9.53 Å². The Bertz CT molecular complexity index is 914. The molecule has 124 valence electrons. The lowest BCUT2D eigenvalue weighted by Crippen LogP contribution is -2.40. The van der Waals surface area contributed by atoms with Gasteiger partial charge in [-0.3, -0.25) is 4.79 Å². The average molecular weight is 361 g/mol. The van der Waals surface area contributed by atoms with Gasteiger partial charge in [-0.05, 0) is 13.0 Å². The van der Waals surface area contributed by atoms with E-state index in [9.17, 15) is 4.79 Å². The van der Waals surface area contributed by atoms with Gasteiger partial charge >= 0.3 is 0 Å². The molecule has 4 heterocycles. The van der Waals surface area contributed by atoms with Crippen LogP contribution in [-0.4, -0.2) is 52.1 Å². The van der Waals surface area contributed by atoms with Gasteiger partial charge in [0, 0.05) is 24.2 Å². The zero-order chi connectivity index (χ0) is 16.7. The largest absolute Gasteiger partial charge is 0.383 e. The van der Waals surface area contributed by atoms with Crippen LogP contribution in [0, 0.1) is 6.92 Å². The Labute approximate surface area is 146 Å². The zero-order valence-electron chi connectivity index (χ0n) is 13.0. The Hall–Kier alpha value is -2.10. The number of hydrogen-bond acceptors (Lipinski definition) is 8. The molecule has 0 atom stereocenters. The Balaban J connectivity index is 1.72. The Morgan fingerprint density at radius 1 is 1.29 bits per heavy atom. The van der Waals surface area contributed by atoms with E-state index in [-0.39, 0.29) is 5.91 Å². The normalized spacial score (nSPS) is 15.1. The molecule has 1 saturated heterocycles. The number of amides is 1. The van der Waals surface area contributed by atoms with E-state index in [0.29, 0.717) is 53.0 Å². The summed E-state index contributed by atoms with van der Waals surface area (Å²) in [6, 6.07) is 1.78. The van der Waals surface area contributed by atoms with E-state index in [4.69, 9.17) is 10.5 Å². The van der Waals surface area contributed by atoms with Crippen LogP contribution in [-0.2, 0) is 4.74 Å². The van der Waals surface area contributed by atoms with Crippen LogP contribution in [0.2, 0.25) is 0 Å². The molecule has 9 heteroatoms. The fraction of sp³-hybridized carbons (Fsp3) is 0.333. The van der Waals surface area contributed by atoms with Crippen LogP contribution in [0.1, 0.15) is 15.4 Å². The molecule has 1 amide bonds. The first-order valence-electron chi connectivity index (χ1n) is 7.48. The fourth-order valence-corrected chi connectivity index (χ4v) is 4.26. The van der Waals surface area contributed by atoms with Gasteiger partial charge in [0.15, 0.2) is 10.8 Å². The van der Waals surface area contributed by atoms with Crippen molar-refractivity contribution in [2.24, 2.45) is 0 Å². The summed E-state index contributed by atoms with van der Waals surface area (Å²) < 4.78 is 5.29. The minimum absolute atomic E-state index is 0.00709. The van der Waals surface area contributed by atoms with Crippen LogP contribution in [0.3, 0.4) is 0 Å². The molecule has 7 nitrogen and oxygen atoms in total.